The van der Waals surface area contributed by atoms with Crippen molar-refractivity contribution < 1.29 is 14.3 Å². The minimum atomic E-state index is -0.536. The zero-order chi connectivity index (χ0) is 26.9. The van der Waals surface area contributed by atoms with Crippen molar-refractivity contribution in [2.75, 3.05) is 17.3 Å². The largest absolute Gasteiger partial charge is 0.465 e. The van der Waals surface area contributed by atoms with Gasteiger partial charge in [-0.1, -0.05) is 75.1 Å². The van der Waals surface area contributed by atoms with Crippen molar-refractivity contribution in [3.05, 3.63) is 58.1 Å². The Hall–Kier alpha value is -3.16. The maximum atomic E-state index is 13.6. The first kappa shape index (κ1) is 26.9. The molecule has 1 aromatic carbocycles. The molecule has 0 bridgehead atoms. The number of rotatable bonds is 7. The molecule has 1 aliphatic carbocycles. The van der Waals surface area contributed by atoms with Crippen LogP contribution in [-0.4, -0.2) is 34.3 Å². The number of Topliss-reactive ketones (excluding diaryl/α,β-unsaturated/α-hetero) is 1. The smallest absolute Gasteiger partial charge is 0.316 e. The van der Waals surface area contributed by atoms with E-state index in [1.54, 1.807) is 11.8 Å². The maximum Gasteiger partial charge on any atom is 0.316 e. The van der Waals surface area contributed by atoms with Gasteiger partial charge in [0.1, 0.15) is 5.82 Å². The number of nitrogens with zero attached hydrogens (tertiary/aromatic N) is 4. The first-order valence-electron chi connectivity index (χ1n) is 12.2. The van der Waals surface area contributed by atoms with Gasteiger partial charge in [-0.05, 0) is 35.8 Å². The molecule has 0 saturated heterocycles. The van der Waals surface area contributed by atoms with Crippen LogP contribution in [0.4, 0.5) is 5.13 Å². The Morgan fingerprint density at radius 2 is 2.00 bits per heavy atom. The molecule has 1 atom stereocenters. The van der Waals surface area contributed by atoms with Gasteiger partial charge in [0, 0.05) is 17.7 Å². The van der Waals surface area contributed by atoms with E-state index in [2.05, 4.69) is 44.0 Å². The van der Waals surface area contributed by atoms with Gasteiger partial charge in [0.05, 0.1) is 29.9 Å². The molecular weight excluding hydrogens is 506 g/mol. The summed E-state index contributed by atoms with van der Waals surface area (Å²) in [6.45, 7) is 10.4. The lowest BCUT2D eigenvalue weighted by Crippen LogP contribution is -2.42. The highest BCUT2D eigenvalue weighted by atomic mass is 32.2. The number of aromatic nitrogens is 2. The normalized spacial score (nSPS) is 19.2. The molecule has 1 aliphatic heterocycles. The monoisotopic (exact) mass is 537 g/mol. The number of nitrogens with two attached hydrogens (primary N) is 1. The lowest BCUT2D eigenvalue weighted by Gasteiger charge is -2.42. The van der Waals surface area contributed by atoms with Gasteiger partial charge in [0.2, 0.25) is 5.13 Å². The molecule has 0 spiro atoms. The Balaban J connectivity index is 1.80. The summed E-state index contributed by atoms with van der Waals surface area (Å²) in [5.41, 5.74) is 10.1. The highest BCUT2D eigenvalue weighted by Crippen LogP contribution is 2.50. The van der Waals surface area contributed by atoms with E-state index in [1.165, 1.54) is 28.7 Å². The summed E-state index contributed by atoms with van der Waals surface area (Å²) < 4.78 is 5.56. The summed E-state index contributed by atoms with van der Waals surface area (Å²) in [7, 11) is 0. The molecule has 4 rings (SSSR count). The van der Waals surface area contributed by atoms with Gasteiger partial charge in [-0.3, -0.25) is 14.5 Å². The third kappa shape index (κ3) is 5.43. The van der Waals surface area contributed by atoms with Crippen LogP contribution in [-0.2, 0) is 14.3 Å². The number of nitriles is 1. The summed E-state index contributed by atoms with van der Waals surface area (Å²) in [4.78, 5) is 27.1. The number of allylic oxidation sites excluding steroid dienone is 3. The van der Waals surface area contributed by atoms with Crippen LogP contribution in [0.25, 0.3) is 0 Å². The Labute approximate surface area is 225 Å². The summed E-state index contributed by atoms with van der Waals surface area (Å²) in [6.07, 6.45) is 0.981. The molecule has 10 heteroatoms. The average molecular weight is 538 g/mol. The van der Waals surface area contributed by atoms with Gasteiger partial charge in [0.15, 0.2) is 10.1 Å². The van der Waals surface area contributed by atoms with Gasteiger partial charge >= 0.3 is 5.97 Å². The molecule has 0 fully saturated rings. The predicted molar refractivity (Wildman–Crippen MR) is 145 cm³/mol. The lowest BCUT2D eigenvalue weighted by atomic mass is 9.68. The Bertz CT molecular complexity index is 1320. The second kappa shape index (κ2) is 10.7. The molecule has 1 unspecified atom stereocenters. The first-order chi connectivity index (χ1) is 17.6. The number of carbonyl (C=O) groups excluding carboxylic acids is 2. The molecule has 0 radical (unpaired) electrons. The molecule has 194 valence electrons. The maximum absolute atomic E-state index is 13.6. The van der Waals surface area contributed by atoms with Crippen LogP contribution in [0.1, 0.15) is 70.4 Å². The van der Waals surface area contributed by atoms with Crippen LogP contribution >= 0.6 is 23.1 Å². The highest BCUT2D eigenvalue weighted by Gasteiger charge is 2.45. The van der Waals surface area contributed by atoms with Crippen molar-refractivity contribution in [1.29, 1.82) is 5.26 Å². The Kier molecular flexibility index (Phi) is 7.76. The molecule has 1 aromatic heterocycles. The van der Waals surface area contributed by atoms with E-state index < -0.39 is 5.92 Å². The van der Waals surface area contributed by atoms with Crippen molar-refractivity contribution in [1.82, 2.24) is 10.2 Å². The van der Waals surface area contributed by atoms with E-state index >= 15 is 0 Å². The van der Waals surface area contributed by atoms with Gasteiger partial charge in [0.25, 0.3) is 0 Å². The van der Waals surface area contributed by atoms with Crippen LogP contribution in [0, 0.1) is 16.7 Å². The van der Waals surface area contributed by atoms with E-state index in [0.29, 0.717) is 46.0 Å². The molecule has 2 aliphatic rings. The Morgan fingerprint density at radius 1 is 1.30 bits per heavy atom. The first-order valence-corrected chi connectivity index (χ1v) is 14.0. The summed E-state index contributed by atoms with van der Waals surface area (Å²) in [6, 6.07) is 10.4. The topological polar surface area (TPSA) is 122 Å². The molecule has 0 saturated carbocycles. The number of anilines is 1. The van der Waals surface area contributed by atoms with E-state index in [1.807, 2.05) is 24.3 Å². The van der Waals surface area contributed by atoms with E-state index in [9.17, 15) is 14.9 Å². The fourth-order valence-corrected chi connectivity index (χ4v) is 6.49. The summed E-state index contributed by atoms with van der Waals surface area (Å²) in [5, 5.41) is 19.3. The van der Waals surface area contributed by atoms with Crippen LogP contribution in [0.3, 0.4) is 0 Å². The average Bonchev–Trinajstić information content (AvgIpc) is 3.30. The third-order valence-electron chi connectivity index (χ3n) is 6.52. The number of carbonyl (C=O) groups is 2. The van der Waals surface area contributed by atoms with Crippen molar-refractivity contribution in [3.8, 4) is 6.07 Å². The Morgan fingerprint density at radius 3 is 2.62 bits per heavy atom. The molecule has 37 heavy (non-hydrogen) atoms. The molecule has 2 heterocycles. The van der Waals surface area contributed by atoms with Crippen LogP contribution in [0.2, 0.25) is 0 Å². The van der Waals surface area contributed by atoms with Crippen LogP contribution in [0.5, 0.6) is 0 Å². The number of ketones is 1. The van der Waals surface area contributed by atoms with Crippen molar-refractivity contribution in [2.45, 2.75) is 63.6 Å². The SMILES string of the molecule is CCOC(=O)CSc1nnc(N2C(N)=C(C#N)C(c3ccc(C(C)C)cc3)C3=C2CC(C)(C)CC3=O)s1. The van der Waals surface area contributed by atoms with Crippen molar-refractivity contribution in [2.24, 2.45) is 11.1 Å². The molecular formula is C27H31N5O3S2. The predicted octanol–water partition coefficient (Wildman–Crippen LogP) is 5.26. The zero-order valence-corrected chi connectivity index (χ0v) is 23.3. The van der Waals surface area contributed by atoms with Crippen LogP contribution < -0.4 is 10.6 Å². The number of hydrogen-bond donors (Lipinski definition) is 1. The third-order valence-corrected chi connectivity index (χ3v) is 8.54. The standard InChI is InChI=1S/C27H31N5O3S2/c1-6-35-21(34)14-36-26-31-30-25(37-26)32-19-11-27(4,5)12-20(33)23(19)22(18(13-28)24(32)29)17-9-7-16(8-10-17)15(2)3/h7-10,15,22H,6,11-12,14,29H2,1-5H3. The van der Waals surface area contributed by atoms with Gasteiger partial charge < -0.3 is 10.5 Å². The number of benzene rings is 1. The van der Waals surface area contributed by atoms with Crippen molar-refractivity contribution in [3.63, 3.8) is 0 Å². The molecule has 2 N–H and O–H groups in total. The van der Waals surface area contributed by atoms with Gasteiger partial charge in [-0.25, -0.2) is 0 Å². The quantitative estimate of drug-likeness (QED) is 0.372. The number of ether oxygens (including phenoxy) is 1. The fourth-order valence-electron chi connectivity index (χ4n) is 4.81. The molecule has 0 amide bonds. The summed E-state index contributed by atoms with van der Waals surface area (Å²) in [5.74, 6) is -0.118. The van der Waals surface area contributed by atoms with Crippen LogP contribution in [0.15, 0.2) is 51.3 Å². The van der Waals surface area contributed by atoms with E-state index in [4.69, 9.17) is 10.5 Å². The minimum absolute atomic E-state index is 0.0101. The second-order valence-corrected chi connectivity index (χ2v) is 12.4. The zero-order valence-electron chi connectivity index (χ0n) is 21.7. The van der Waals surface area contributed by atoms with Crippen molar-refractivity contribution >= 4 is 40.0 Å². The van der Waals surface area contributed by atoms with Gasteiger partial charge in [-0.15, -0.1) is 10.2 Å². The fraction of sp³-hybridized carbons (Fsp3) is 0.444. The van der Waals surface area contributed by atoms with E-state index in [-0.39, 0.29) is 28.7 Å². The lowest BCUT2D eigenvalue weighted by molar-refractivity contribution is -0.139. The number of thioether (sulfide) groups is 1. The minimum Gasteiger partial charge on any atom is -0.465 e. The summed E-state index contributed by atoms with van der Waals surface area (Å²) >= 11 is 2.50. The molecule has 8 nitrogen and oxygen atoms in total. The molecule has 2 aromatic rings. The van der Waals surface area contributed by atoms with E-state index in [0.717, 1.165) is 11.3 Å². The number of hydrogen-bond acceptors (Lipinski definition) is 10. The second-order valence-electron chi connectivity index (χ2n) is 10.2. The highest BCUT2D eigenvalue weighted by molar-refractivity contribution is 8.01. The number of esters is 1. The van der Waals surface area contributed by atoms with Gasteiger partial charge in [-0.2, -0.15) is 5.26 Å².